The van der Waals surface area contributed by atoms with Gasteiger partial charge in [-0.25, -0.2) is 0 Å². The highest BCUT2D eigenvalue weighted by Crippen LogP contribution is 2.48. The molecule has 0 aromatic heterocycles. The molecule has 0 spiro atoms. The lowest BCUT2D eigenvalue weighted by molar-refractivity contribution is -0.384. The molecule has 6 rings (SSSR count). The van der Waals surface area contributed by atoms with Crippen molar-refractivity contribution in [1.82, 2.24) is 0 Å². The summed E-state index contributed by atoms with van der Waals surface area (Å²) in [4.78, 5) is 23.1. The van der Waals surface area contributed by atoms with Crippen LogP contribution in [-0.2, 0) is 0 Å². The van der Waals surface area contributed by atoms with Gasteiger partial charge in [-0.05, 0) is 57.9 Å². The van der Waals surface area contributed by atoms with Gasteiger partial charge in [0.25, 0.3) is 11.4 Å². The Hall–Kier alpha value is -6.16. The molecule has 0 unspecified atom stereocenters. The van der Waals surface area contributed by atoms with Crippen molar-refractivity contribution in [3.63, 3.8) is 0 Å². The first kappa shape index (κ1) is 26.1. The Morgan fingerprint density at radius 1 is 0.476 bits per heavy atom. The largest absolute Gasteiger partial charge is 0.507 e. The zero-order valence-corrected chi connectivity index (χ0v) is 21.7. The maximum atomic E-state index is 12.1. The van der Waals surface area contributed by atoms with Crippen LogP contribution in [-0.4, -0.2) is 20.1 Å². The van der Waals surface area contributed by atoms with Crippen LogP contribution in [0.15, 0.2) is 119 Å². The molecule has 0 bridgehead atoms. The molecule has 6 aromatic carbocycles. The van der Waals surface area contributed by atoms with Crippen molar-refractivity contribution in [1.29, 1.82) is 0 Å². The van der Waals surface area contributed by atoms with Gasteiger partial charge in [0, 0.05) is 12.1 Å². The number of phenols is 2. The minimum absolute atomic E-state index is 0.0996. The number of nitrogens with zero attached hydrogens (tertiary/aromatic N) is 4. The molecular weight excluding hydrogens is 536 g/mol. The molecule has 0 heterocycles. The van der Waals surface area contributed by atoms with Crippen LogP contribution in [0.25, 0.3) is 43.8 Å². The van der Waals surface area contributed by atoms with Gasteiger partial charge < -0.3 is 10.2 Å². The molecular formula is C32H20N4O6. The van der Waals surface area contributed by atoms with Crippen LogP contribution in [0.1, 0.15) is 0 Å². The number of nitro benzene ring substituents is 2. The highest BCUT2D eigenvalue weighted by atomic mass is 16.6. The van der Waals surface area contributed by atoms with Crippen LogP contribution < -0.4 is 0 Å². The van der Waals surface area contributed by atoms with Crippen LogP contribution >= 0.6 is 0 Å². The normalized spacial score (nSPS) is 11.3. The lowest BCUT2D eigenvalue weighted by Gasteiger charge is -2.13. The SMILES string of the molecule is O=[N+]([O-])c1ccc2ccccc2c1-c1c(O)cccc1N=Nc1cccc(O)c1-c1c([N+](=O)[O-])ccc2ccccc12. The van der Waals surface area contributed by atoms with E-state index in [2.05, 4.69) is 10.2 Å². The van der Waals surface area contributed by atoms with Gasteiger partial charge in [-0.1, -0.05) is 60.7 Å². The molecule has 0 fully saturated rings. The Morgan fingerprint density at radius 3 is 1.29 bits per heavy atom. The van der Waals surface area contributed by atoms with Gasteiger partial charge in [0.15, 0.2) is 0 Å². The molecule has 0 radical (unpaired) electrons. The molecule has 0 saturated heterocycles. The third-order valence-electron chi connectivity index (χ3n) is 7.01. The van der Waals surface area contributed by atoms with Gasteiger partial charge in [-0.3, -0.25) is 20.2 Å². The van der Waals surface area contributed by atoms with E-state index in [0.717, 1.165) is 10.8 Å². The summed E-state index contributed by atoms with van der Waals surface area (Å²) in [6.07, 6.45) is 0. The van der Waals surface area contributed by atoms with Gasteiger partial charge in [0.1, 0.15) is 11.5 Å². The van der Waals surface area contributed by atoms with Crippen molar-refractivity contribution < 1.29 is 20.1 Å². The van der Waals surface area contributed by atoms with Gasteiger partial charge in [0.05, 0.1) is 43.5 Å². The quantitative estimate of drug-likeness (QED) is 0.119. The van der Waals surface area contributed by atoms with E-state index >= 15 is 0 Å². The van der Waals surface area contributed by atoms with E-state index in [1.54, 1.807) is 72.8 Å². The van der Waals surface area contributed by atoms with Crippen molar-refractivity contribution in [2.75, 3.05) is 0 Å². The minimum atomic E-state index is -0.526. The van der Waals surface area contributed by atoms with Gasteiger partial charge >= 0.3 is 0 Å². The zero-order chi connectivity index (χ0) is 29.4. The second-order valence-corrected chi connectivity index (χ2v) is 9.42. The van der Waals surface area contributed by atoms with Crippen molar-refractivity contribution in [2.45, 2.75) is 0 Å². The fourth-order valence-electron chi connectivity index (χ4n) is 5.19. The molecule has 0 saturated carbocycles. The molecule has 2 N–H and O–H groups in total. The third kappa shape index (κ3) is 4.42. The summed E-state index contributed by atoms with van der Waals surface area (Å²) in [6, 6.07) is 29.1. The smallest absolute Gasteiger partial charge is 0.278 e. The second-order valence-electron chi connectivity index (χ2n) is 9.42. The minimum Gasteiger partial charge on any atom is -0.507 e. The number of phenolic OH excluding ortho intramolecular Hbond substituents is 2. The molecule has 204 valence electrons. The van der Waals surface area contributed by atoms with Crippen LogP contribution in [0, 0.1) is 20.2 Å². The lowest BCUT2D eigenvalue weighted by atomic mass is 9.94. The number of fused-ring (bicyclic) bond motifs is 2. The van der Waals surface area contributed by atoms with E-state index in [1.165, 1.54) is 36.4 Å². The third-order valence-corrected chi connectivity index (χ3v) is 7.01. The van der Waals surface area contributed by atoms with Crippen molar-refractivity contribution in [2.24, 2.45) is 10.2 Å². The second kappa shape index (κ2) is 10.4. The summed E-state index contributed by atoms with van der Waals surface area (Å²) in [5.74, 6) is -0.488. The van der Waals surface area contributed by atoms with E-state index in [9.17, 15) is 30.4 Å². The number of rotatable bonds is 6. The Labute approximate surface area is 237 Å². The molecule has 0 atom stereocenters. The standard InChI is InChI=1S/C32H20N4O6/c37-27-13-5-11-23(31(27)29-21-9-3-1-7-19(21)15-17-25(29)35(39)40)33-34-24-12-6-14-28(38)32(24)30-22-10-4-2-8-20(22)16-18-26(30)36(41)42/h1-18,37-38H. The highest BCUT2D eigenvalue weighted by molar-refractivity contribution is 6.06. The predicted molar refractivity (Wildman–Crippen MR) is 160 cm³/mol. The topological polar surface area (TPSA) is 151 Å². The van der Waals surface area contributed by atoms with Crippen molar-refractivity contribution in [3.05, 3.63) is 129 Å². The maximum Gasteiger partial charge on any atom is 0.278 e. The molecule has 6 aromatic rings. The van der Waals surface area contributed by atoms with Crippen LogP contribution in [0.5, 0.6) is 11.5 Å². The first-order chi connectivity index (χ1) is 20.3. The molecule has 0 aliphatic heterocycles. The summed E-state index contributed by atoms with van der Waals surface area (Å²) in [5, 5.41) is 57.3. The summed E-state index contributed by atoms with van der Waals surface area (Å²) in [6.45, 7) is 0. The van der Waals surface area contributed by atoms with Crippen molar-refractivity contribution >= 4 is 44.3 Å². The van der Waals surface area contributed by atoms with E-state index in [0.29, 0.717) is 10.8 Å². The van der Waals surface area contributed by atoms with E-state index in [1.807, 2.05) is 0 Å². The first-order valence-corrected chi connectivity index (χ1v) is 12.7. The van der Waals surface area contributed by atoms with E-state index in [4.69, 9.17) is 0 Å². The molecule has 0 amide bonds. The van der Waals surface area contributed by atoms with Crippen LogP contribution in [0.4, 0.5) is 22.7 Å². The number of hydrogen-bond donors (Lipinski definition) is 2. The number of hydrogen-bond acceptors (Lipinski definition) is 8. The molecule has 42 heavy (non-hydrogen) atoms. The van der Waals surface area contributed by atoms with E-state index < -0.39 is 9.85 Å². The average Bonchev–Trinajstić information content (AvgIpc) is 2.99. The fourth-order valence-corrected chi connectivity index (χ4v) is 5.19. The number of benzene rings is 6. The number of aromatic hydroxyl groups is 2. The molecule has 0 aliphatic rings. The fraction of sp³-hybridized carbons (Fsp3) is 0. The summed E-state index contributed by atoms with van der Waals surface area (Å²) in [5.41, 5.74) is 0.335. The maximum absolute atomic E-state index is 12.1. The summed E-state index contributed by atoms with van der Waals surface area (Å²) < 4.78 is 0. The zero-order valence-electron chi connectivity index (χ0n) is 21.7. The monoisotopic (exact) mass is 556 g/mol. The van der Waals surface area contributed by atoms with Gasteiger partial charge in [-0.15, -0.1) is 10.2 Å². The number of azo groups is 1. The van der Waals surface area contributed by atoms with E-state index in [-0.39, 0.29) is 56.5 Å². The Balaban J connectivity index is 1.59. The van der Waals surface area contributed by atoms with Gasteiger partial charge in [0.2, 0.25) is 0 Å². The highest BCUT2D eigenvalue weighted by Gasteiger charge is 2.26. The molecule has 10 nitrogen and oxygen atoms in total. The van der Waals surface area contributed by atoms with Crippen molar-refractivity contribution in [3.8, 4) is 33.8 Å². The Kier molecular flexibility index (Phi) is 6.48. The number of nitro groups is 2. The molecule has 0 aliphatic carbocycles. The Bertz CT molecular complexity index is 1940. The van der Waals surface area contributed by atoms with Gasteiger partial charge in [-0.2, -0.15) is 0 Å². The first-order valence-electron chi connectivity index (χ1n) is 12.7. The average molecular weight is 557 g/mol. The molecule has 10 heteroatoms. The lowest BCUT2D eigenvalue weighted by Crippen LogP contribution is -1.94. The summed E-state index contributed by atoms with van der Waals surface area (Å²) in [7, 11) is 0. The van der Waals surface area contributed by atoms with Crippen LogP contribution in [0.2, 0.25) is 0 Å². The predicted octanol–water partition coefficient (Wildman–Crippen LogP) is 8.97. The summed E-state index contributed by atoms with van der Waals surface area (Å²) >= 11 is 0. The Morgan fingerprint density at radius 2 is 0.881 bits per heavy atom. The van der Waals surface area contributed by atoms with Crippen LogP contribution in [0.3, 0.4) is 0 Å².